The van der Waals surface area contributed by atoms with Crippen LogP contribution in [0.4, 0.5) is 13.2 Å². The van der Waals surface area contributed by atoms with Crippen molar-refractivity contribution in [1.82, 2.24) is 4.90 Å². The number of alkyl halides is 3. The van der Waals surface area contributed by atoms with Crippen molar-refractivity contribution in [2.75, 3.05) is 0 Å². The molecule has 0 fully saturated rings. The Balaban J connectivity index is 2.89. The molecular weight excluding hydrogens is 215 g/mol. The summed E-state index contributed by atoms with van der Waals surface area (Å²) in [6.45, 7) is 4.83. The molecule has 0 aromatic heterocycles. The molecule has 0 saturated heterocycles. The lowest BCUT2D eigenvalue weighted by molar-refractivity contribution is -0.259. The maximum atomic E-state index is 12.7. The molecule has 1 aromatic rings. The lowest BCUT2D eigenvalue weighted by Gasteiger charge is -2.29. The first-order chi connectivity index (χ1) is 7.32. The summed E-state index contributed by atoms with van der Waals surface area (Å²) < 4.78 is 38.1. The molecule has 0 aliphatic heterocycles. The van der Waals surface area contributed by atoms with Gasteiger partial charge in [-0.05, 0) is 31.9 Å². The molecule has 0 aliphatic carbocycles. The van der Waals surface area contributed by atoms with Gasteiger partial charge in [-0.3, -0.25) is 0 Å². The lowest BCUT2D eigenvalue weighted by atomic mass is 10.1. The second-order valence-corrected chi connectivity index (χ2v) is 4.12. The highest BCUT2D eigenvalue weighted by Gasteiger charge is 2.38. The van der Waals surface area contributed by atoms with Crippen molar-refractivity contribution in [1.29, 1.82) is 0 Å². The largest absolute Gasteiger partial charge is 0.460 e. The van der Waals surface area contributed by atoms with Gasteiger partial charge in [-0.25, -0.2) is 4.90 Å². The van der Waals surface area contributed by atoms with E-state index in [-0.39, 0.29) is 6.54 Å². The van der Waals surface area contributed by atoms with Crippen molar-refractivity contribution in [2.24, 2.45) is 0 Å². The molecular formula is C12H16F3N. The number of hydrogen-bond acceptors (Lipinski definition) is 1. The average Bonchev–Trinajstić information content (AvgIpc) is 2.14. The zero-order valence-corrected chi connectivity index (χ0v) is 9.67. The van der Waals surface area contributed by atoms with Crippen molar-refractivity contribution in [2.45, 2.75) is 39.7 Å². The van der Waals surface area contributed by atoms with Gasteiger partial charge >= 0.3 is 6.30 Å². The molecule has 0 radical (unpaired) electrons. The Kier molecular flexibility index (Phi) is 3.97. The van der Waals surface area contributed by atoms with Gasteiger partial charge in [0, 0.05) is 12.6 Å². The highest BCUT2D eigenvalue weighted by molar-refractivity contribution is 5.25. The van der Waals surface area contributed by atoms with Gasteiger partial charge in [0.2, 0.25) is 0 Å². The lowest BCUT2D eigenvalue weighted by Crippen LogP contribution is -2.42. The van der Waals surface area contributed by atoms with Gasteiger partial charge in [-0.15, -0.1) is 0 Å². The summed E-state index contributed by atoms with van der Waals surface area (Å²) in [4.78, 5) is 0.537. The SMILES string of the molecule is Cc1ccccc1CN(C(C)C)C(F)(F)F. The third kappa shape index (κ3) is 3.23. The number of rotatable bonds is 3. The third-order valence-electron chi connectivity index (χ3n) is 2.55. The quantitative estimate of drug-likeness (QED) is 0.716. The van der Waals surface area contributed by atoms with E-state index in [9.17, 15) is 13.2 Å². The van der Waals surface area contributed by atoms with Gasteiger partial charge < -0.3 is 0 Å². The normalized spacial score (nSPS) is 12.5. The number of benzene rings is 1. The topological polar surface area (TPSA) is 3.24 Å². The van der Waals surface area contributed by atoms with Crippen LogP contribution in [0.5, 0.6) is 0 Å². The minimum Gasteiger partial charge on any atom is -0.208 e. The van der Waals surface area contributed by atoms with Gasteiger partial charge in [-0.1, -0.05) is 24.3 Å². The van der Waals surface area contributed by atoms with E-state index >= 15 is 0 Å². The molecule has 0 heterocycles. The van der Waals surface area contributed by atoms with Crippen LogP contribution in [0, 0.1) is 6.92 Å². The third-order valence-corrected chi connectivity index (χ3v) is 2.55. The molecule has 0 saturated carbocycles. The molecule has 0 aliphatic rings. The first kappa shape index (κ1) is 13.0. The summed E-state index contributed by atoms with van der Waals surface area (Å²) in [5, 5.41) is 0. The summed E-state index contributed by atoms with van der Waals surface area (Å²) in [5.74, 6) is 0. The van der Waals surface area contributed by atoms with Crippen LogP contribution in [-0.2, 0) is 6.54 Å². The van der Waals surface area contributed by atoms with Gasteiger partial charge in [0.25, 0.3) is 0 Å². The fourth-order valence-electron chi connectivity index (χ4n) is 1.54. The highest BCUT2D eigenvalue weighted by atomic mass is 19.4. The van der Waals surface area contributed by atoms with Gasteiger partial charge in [0.1, 0.15) is 0 Å². The zero-order chi connectivity index (χ0) is 12.3. The van der Waals surface area contributed by atoms with Crippen LogP contribution in [0.3, 0.4) is 0 Å². The van der Waals surface area contributed by atoms with Gasteiger partial charge in [0.15, 0.2) is 0 Å². The summed E-state index contributed by atoms with van der Waals surface area (Å²) >= 11 is 0. The molecule has 1 rings (SSSR count). The number of nitrogens with zero attached hydrogens (tertiary/aromatic N) is 1. The molecule has 0 amide bonds. The summed E-state index contributed by atoms with van der Waals surface area (Å²) in [6.07, 6.45) is -4.28. The average molecular weight is 231 g/mol. The second kappa shape index (κ2) is 4.87. The van der Waals surface area contributed by atoms with E-state index in [1.54, 1.807) is 26.0 Å². The first-order valence-corrected chi connectivity index (χ1v) is 5.20. The Bertz CT molecular complexity index is 344. The fourth-order valence-corrected chi connectivity index (χ4v) is 1.54. The van der Waals surface area contributed by atoms with Crippen molar-refractivity contribution < 1.29 is 13.2 Å². The number of aryl methyl sites for hydroxylation is 1. The monoisotopic (exact) mass is 231 g/mol. The fraction of sp³-hybridized carbons (Fsp3) is 0.500. The summed E-state index contributed by atoms with van der Waals surface area (Å²) in [5.41, 5.74) is 1.60. The Labute approximate surface area is 93.9 Å². The minimum absolute atomic E-state index is 0.0894. The molecule has 4 heteroatoms. The second-order valence-electron chi connectivity index (χ2n) is 4.12. The van der Waals surface area contributed by atoms with Crippen LogP contribution in [0.15, 0.2) is 24.3 Å². The maximum Gasteiger partial charge on any atom is 0.460 e. The van der Waals surface area contributed by atoms with E-state index in [4.69, 9.17) is 0 Å². The van der Waals surface area contributed by atoms with Crippen molar-refractivity contribution in [3.63, 3.8) is 0 Å². The Morgan fingerprint density at radius 2 is 1.75 bits per heavy atom. The van der Waals surface area contributed by atoms with Crippen molar-refractivity contribution in [3.8, 4) is 0 Å². The Hall–Kier alpha value is -1.03. The summed E-state index contributed by atoms with van der Waals surface area (Å²) in [6, 6.07) is 6.59. The smallest absolute Gasteiger partial charge is 0.208 e. The number of hydrogen-bond donors (Lipinski definition) is 0. The predicted octanol–water partition coefficient (Wildman–Crippen LogP) is 3.73. The molecule has 0 bridgehead atoms. The molecule has 0 unspecified atom stereocenters. The van der Waals surface area contributed by atoms with Gasteiger partial charge in [-0.2, -0.15) is 13.2 Å². The molecule has 0 N–H and O–H groups in total. The first-order valence-electron chi connectivity index (χ1n) is 5.20. The number of halogens is 3. The minimum atomic E-state index is -4.28. The maximum absolute atomic E-state index is 12.7. The molecule has 0 atom stereocenters. The van der Waals surface area contributed by atoms with Crippen molar-refractivity contribution in [3.05, 3.63) is 35.4 Å². The van der Waals surface area contributed by atoms with Crippen LogP contribution in [0.25, 0.3) is 0 Å². The Morgan fingerprint density at radius 1 is 1.19 bits per heavy atom. The van der Waals surface area contributed by atoms with E-state index in [1.165, 1.54) is 0 Å². The Morgan fingerprint density at radius 3 is 2.19 bits per heavy atom. The van der Waals surface area contributed by atoms with Crippen LogP contribution < -0.4 is 0 Å². The molecule has 16 heavy (non-hydrogen) atoms. The summed E-state index contributed by atoms with van der Waals surface area (Å²) in [7, 11) is 0. The molecule has 0 spiro atoms. The van der Waals surface area contributed by atoms with E-state index < -0.39 is 12.3 Å². The van der Waals surface area contributed by atoms with Gasteiger partial charge in [0.05, 0.1) is 0 Å². The van der Waals surface area contributed by atoms with Crippen molar-refractivity contribution >= 4 is 0 Å². The predicted molar refractivity (Wildman–Crippen MR) is 57.9 cm³/mol. The molecule has 90 valence electrons. The van der Waals surface area contributed by atoms with E-state index in [2.05, 4.69) is 0 Å². The zero-order valence-electron chi connectivity index (χ0n) is 9.67. The van der Waals surface area contributed by atoms with E-state index in [0.717, 1.165) is 5.56 Å². The molecule has 1 aromatic carbocycles. The van der Waals surface area contributed by atoms with Crippen LogP contribution in [0.1, 0.15) is 25.0 Å². The standard InChI is InChI=1S/C12H16F3N/c1-9(2)16(12(13,14)15)8-11-7-5-4-6-10(11)3/h4-7,9H,8H2,1-3H3. The highest BCUT2D eigenvalue weighted by Crippen LogP contribution is 2.26. The molecule has 1 nitrogen and oxygen atoms in total. The van der Waals surface area contributed by atoms with E-state index in [1.807, 2.05) is 19.1 Å². The van der Waals surface area contributed by atoms with Crippen LogP contribution in [0.2, 0.25) is 0 Å². The van der Waals surface area contributed by atoms with E-state index in [0.29, 0.717) is 10.5 Å². The van der Waals surface area contributed by atoms with Crippen LogP contribution in [-0.4, -0.2) is 17.2 Å². The van der Waals surface area contributed by atoms with Crippen LogP contribution >= 0.6 is 0 Å².